The fourth-order valence-corrected chi connectivity index (χ4v) is 2.13. The number of amides is 1. The molecule has 0 saturated carbocycles. The molecule has 0 spiro atoms. The van der Waals surface area contributed by atoms with Gasteiger partial charge in [0.25, 0.3) is 5.91 Å². The zero-order valence-corrected chi connectivity index (χ0v) is 11.4. The Bertz CT molecular complexity index is 448. The number of nitrogens with one attached hydrogen (secondary N) is 1. The van der Waals surface area contributed by atoms with E-state index in [9.17, 15) is 4.79 Å². The van der Waals surface area contributed by atoms with Gasteiger partial charge in [0.15, 0.2) is 6.61 Å². The second kappa shape index (κ2) is 6.43. The molecule has 5 heteroatoms. The monoisotopic (exact) mass is 264 g/mol. The van der Waals surface area contributed by atoms with Crippen LogP contribution in [-0.2, 0) is 9.53 Å². The summed E-state index contributed by atoms with van der Waals surface area (Å²) in [4.78, 5) is 13.7. The van der Waals surface area contributed by atoms with Gasteiger partial charge in [0.2, 0.25) is 0 Å². The first-order valence-corrected chi connectivity index (χ1v) is 6.56. The van der Waals surface area contributed by atoms with Crippen molar-refractivity contribution in [2.45, 2.75) is 13.3 Å². The predicted molar refractivity (Wildman–Crippen MR) is 74.9 cm³/mol. The first kappa shape index (κ1) is 13.7. The number of benzene rings is 1. The Labute approximate surface area is 113 Å². The standard InChI is InChI=1S/C14H20N2O3/c1-3-15-11-5-6-13-12(9-11)16(7-4-8-18-2)14(17)10-19-13/h5-6,9,15H,3-4,7-8,10H2,1-2H3. The van der Waals surface area contributed by atoms with Crippen LogP contribution in [0.15, 0.2) is 18.2 Å². The van der Waals surface area contributed by atoms with Gasteiger partial charge in [-0.15, -0.1) is 0 Å². The van der Waals surface area contributed by atoms with E-state index in [0.29, 0.717) is 13.2 Å². The van der Waals surface area contributed by atoms with Gasteiger partial charge in [-0.1, -0.05) is 0 Å². The second-order valence-electron chi connectivity index (χ2n) is 4.39. The maximum absolute atomic E-state index is 12.0. The third-order valence-electron chi connectivity index (χ3n) is 3.01. The third kappa shape index (κ3) is 3.17. The molecule has 1 aromatic carbocycles. The first-order valence-electron chi connectivity index (χ1n) is 6.56. The molecule has 0 fully saturated rings. The van der Waals surface area contributed by atoms with Crippen LogP contribution in [0.5, 0.6) is 5.75 Å². The highest BCUT2D eigenvalue weighted by molar-refractivity contribution is 5.98. The molecule has 0 bridgehead atoms. The Morgan fingerprint density at radius 1 is 1.47 bits per heavy atom. The van der Waals surface area contributed by atoms with E-state index in [1.54, 1.807) is 12.0 Å². The summed E-state index contributed by atoms with van der Waals surface area (Å²) in [6, 6.07) is 5.83. The van der Waals surface area contributed by atoms with Crippen LogP contribution in [0.1, 0.15) is 13.3 Å². The van der Waals surface area contributed by atoms with Crippen LogP contribution in [-0.4, -0.2) is 39.3 Å². The Morgan fingerprint density at radius 3 is 3.05 bits per heavy atom. The Hall–Kier alpha value is -1.75. The predicted octanol–water partition coefficient (Wildman–Crippen LogP) is 1.88. The van der Waals surface area contributed by atoms with E-state index in [1.807, 2.05) is 25.1 Å². The summed E-state index contributed by atoms with van der Waals surface area (Å²) in [5.74, 6) is 0.760. The lowest BCUT2D eigenvalue weighted by atomic mass is 10.2. The van der Waals surface area contributed by atoms with Crippen molar-refractivity contribution in [3.05, 3.63) is 18.2 Å². The first-order chi connectivity index (χ1) is 9.26. The molecule has 0 aliphatic carbocycles. The van der Waals surface area contributed by atoms with Crippen LogP contribution < -0.4 is 15.0 Å². The summed E-state index contributed by atoms with van der Waals surface area (Å²) in [5.41, 5.74) is 1.84. The maximum Gasteiger partial charge on any atom is 0.265 e. The fraction of sp³-hybridized carbons (Fsp3) is 0.500. The molecule has 0 atom stereocenters. The molecule has 5 nitrogen and oxygen atoms in total. The molecule has 1 N–H and O–H groups in total. The molecule has 104 valence electrons. The lowest BCUT2D eigenvalue weighted by Crippen LogP contribution is -2.39. The van der Waals surface area contributed by atoms with E-state index >= 15 is 0 Å². The quantitative estimate of drug-likeness (QED) is 0.797. The van der Waals surface area contributed by atoms with Crippen LogP contribution in [0.3, 0.4) is 0 Å². The zero-order chi connectivity index (χ0) is 13.7. The van der Waals surface area contributed by atoms with Gasteiger partial charge in [-0.25, -0.2) is 0 Å². The Kier molecular flexibility index (Phi) is 4.63. The van der Waals surface area contributed by atoms with Crippen molar-refractivity contribution in [1.29, 1.82) is 0 Å². The van der Waals surface area contributed by atoms with Gasteiger partial charge in [-0.3, -0.25) is 4.79 Å². The summed E-state index contributed by atoms with van der Waals surface area (Å²) in [6.07, 6.45) is 0.813. The number of hydrogen-bond acceptors (Lipinski definition) is 4. The third-order valence-corrected chi connectivity index (χ3v) is 3.01. The van der Waals surface area contributed by atoms with Crippen molar-refractivity contribution in [1.82, 2.24) is 0 Å². The van der Waals surface area contributed by atoms with Crippen LogP contribution in [0, 0.1) is 0 Å². The van der Waals surface area contributed by atoms with Gasteiger partial charge in [0, 0.05) is 32.5 Å². The average Bonchev–Trinajstić information content (AvgIpc) is 2.42. The SMILES string of the molecule is CCNc1ccc2c(c1)N(CCCOC)C(=O)CO2. The number of hydrogen-bond donors (Lipinski definition) is 1. The topological polar surface area (TPSA) is 50.8 Å². The Morgan fingerprint density at radius 2 is 2.32 bits per heavy atom. The molecule has 0 aromatic heterocycles. The summed E-state index contributed by atoms with van der Waals surface area (Å²) >= 11 is 0. The van der Waals surface area contributed by atoms with E-state index in [4.69, 9.17) is 9.47 Å². The minimum absolute atomic E-state index is 0.00254. The fourth-order valence-electron chi connectivity index (χ4n) is 2.13. The van der Waals surface area contributed by atoms with Crippen molar-refractivity contribution in [2.75, 3.05) is 43.6 Å². The average molecular weight is 264 g/mol. The number of fused-ring (bicyclic) bond motifs is 1. The van der Waals surface area contributed by atoms with Gasteiger partial charge < -0.3 is 19.7 Å². The van der Waals surface area contributed by atoms with Gasteiger partial charge in [-0.2, -0.15) is 0 Å². The normalized spacial score (nSPS) is 14.0. The van der Waals surface area contributed by atoms with Crippen molar-refractivity contribution in [3.8, 4) is 5.75 Å². The Balaban J connectivity index is 2.20. The van der Waals surface area contributed by atoms with Crippen molar-refractivity contribution < 1.29 is 14.3 Å². The summed E-state index contributed by atoms with van der Waals surface area (Å²) in [6.45, 7) is 4.29. The molecule has 1 amide bonds. The van der Waals surface area contributed by atoms with Crippen molar-refractivity contribution in [3.63, 3.8) is 0 Å². The number of carbonyl (C=O) groups excluding carboxylic acids is 1. The molecular weight excluding hydrogens is 244 g/mol. The molecule has 1 aliphatic heterocycles. The minimum Gasteiger partial charge on any atom is -0.482 e. The van der Waals surface area contributed by atoms with Gasteiger partial charge >= 0.3 is 0 Å². The smallest absolute Gasteiger partial charge is 0.265 e. The number of methoxy groups -OCH3 is 1. The second-order valence-corrected chi connectivity index (χ2v) is 4.39. The highest BCUT2D eigenvalue weighted by Gasteiger charge is 2.25. The van der Waals surface area contributed by atoms with E-state index < -0.39 is 0 Å². The molecule has 19 heavy (non-hydrogen) atoms. The molecule has 0 unspecified atom stereocenters. The molecular formula is C14H20N2O3. The summed E-state index contributed by atoms with van der Waals surface area (Å²) < 4.78 is 10.5. The van der Waals surface area contributed by atoms with Crippen LogP contribution in [0.2, 0.25) is 0 Å². The molecule has 0 radical (unpaired) electrons. The van der Waals surface area contributed by atoms with Gasteiger partial charge in [0.05, 0.1) is 5.69 Å². The van der Waals surface area contributed by atoms with E-state index in [2.05, 4.69) is 5.32 Å². The van der Waals surface area contributed by atoms with Gasteiger partial charge in [0.1, 0.15) is 5.75 Å². The number of carbonyl (C=O) groups is 1. The molecule has 2 rings (SSSR count). The van der Waals surface area contributed by atoms with E-state index in [0.717, 1.165) is 30.1 Å². The van der Waals surface area contributed by atoms with Crippen LogP contribution in [0.4, 0.5) is 11.4 Å². The number of anilines is 2. The molecule has 1 aliphatic rings. The van der Waals surface area contributed by atoms with Crippen LogP contribution >= 0.6 is 0 Å². The molecule has 0 saturated heterocycles. The number of nitrogens with zero attached hydrogens (tertiary/aromatic N) is 1. The van der Waals surface area contributed by atoms with E-state index in [1.165, 1.54) is 0 Å². The van der Waals surface area contributed by atoms with E-state index in [-0.39, 0.29) is 12.5 Å². The highest BCUT2D eigenvalue weighted by Crippen LogP contribution is 2.34. The number of ether oxygens (including phenoxy) is 2. The summed E-state index contributed by atoms with van der Waals surface area (Å²) in [7, 11) is 1.67. The number of rotatable bonds is 6. The minimum atomic E-state index is -0.00254. The van der Waals surface area contributed by atoms with Crippen molar-refractivity contribution in [2.24, 2.45) is 0 Å². The molecule has 1 aromatic rings. The lowest BCUT2D eigenvalue weighted by molar-refractivity contribution is -0.121. The molecule has 1 heterocycles. The lowest BCUT2D eigenvalue weighted by Gasteiger charge is -2.29. The van der Waals surface area contributed by atoms with Gasteiger partial charge in [-0.05, 0) is 31.5 Å². The van der Waals surface area contributed by atoms with Crippen molar-refractivity contribution >= 4 is 17.3 Å². The zero-order valence-electron chi connectivity index (χ0n) is 11.4. The largest absolute Gasteiger partial charge is 0.482 e. The maximum atomic E-state index is 12.0. The summed E-state index contributed by atoms with van der Waals surface area (Å²) in [5, 5.41) is 3.24. The highest BCUT2D eigenvalue weighted by atomic mass is 16.5. The van der Waals surface area contributed by atoms with Crippen LogP contribution in [0.25, 0.3) is 0 Å².